The summed E-state index contributed by atoms with van der Waals surface area (Å²) < 4.78 is 16.4. The fraction of sp³-hybridized carbons (Fsp3) is 0.333. The quantitative estimate of drug-likeness (QED) is 0.736. The fourth-order valence-corrected chi connectivity index (χ4v) is 2.60. The molecule has 0 saturated heterocycles. The number of nitrogens with one attached hydrogen (secondary N) is 1. The van der Waals surface area contributed by atoms with Crippen molar-refractivity contribution in [2.45, 2.75) is 20.3 Å². The SMILES string of the molecule is CCOc1cc(C#N)ccc1OCC(=O)NCCc1cc(C)ccc1OC. The van der Waals surface area contributed by atoms with Gasteiger partial charge in [-0.15, -0.1) is 0 Å². The lowest BCUT2D eigenvalue weighted by atomic mass is 10.1. The van der Waals surface area contributed by atoms with Crippen LogP contribution in [-0.4, -0.2) is 32.8 Å². The first-order chi connectivity index (χ1) is 13.1. The van der Waals surface area contributed by atoms with Crippen LogP contribution >= 0.6 is 0 Å². The summed E-state index contributed by atoms with van der Waals surface area (Å²) in [5, 5.41) is 11.8. The van der Waals surface area contributed by atoms with Gasteiger partial charge in [0.15, 0.2) is 18.1 Å². The van der Waals surface area contributed by atoms with Gasteiger partial charge in [-0.3, -0.25) is 4.79 Å². The smallest absolute Gasteiger partial charge is 0.257 e. The molecule has 0 aromatic heterocycles. The van der Waals surface area contributed by atoms with Gasteiger partial charge in [-0.2, -0.15) is 5.26 Å². The van der Waals surface area contributed by atoms with Gasteiger partial charge in [-0.05, 0) is 44.0 Å². The van der Waals surface area contributed by atoms with Gasteiger partial charge in [-0.25, -0.2) is 0 Å². The highest BCUT2D eigenvalue weighted by Gasteiger charge is 2.10. The van der Waals surface area contributed by atoms with E-state index < -0.39 is 0 Å². The summed E-state index contributed by atoms with van der Waals surface area (Å²) in [6.07, 6.45) is 0.664. The Labute approximate surface area is 159 Å². The van der Waals surface area contributed by atoms with E-state index in [9.17, 15) is 4.79 Å². The number of methoxy groups -OCH3 is 1. The van der Waals surface area contributed by atoms with Crippen molar-refractivity contribution in [2.24, 2.45) is 0 Å². The van der Waals surface area contributed by atoms with Gasteiger partial charge < -0.3 is 19.5 Å². The van der Waals surface area contributed by atoms with E-state index in [-0.39, 0.29) is 12.5 Å². The molecule has 0 spiro atoms. The second-order valence-corrected chi connectivity index (χ2v) is 5.91. The van der Waals surface area contributed by atoms with Crippen molar-refractivity contribution in [2.75, 3.05) is 26.9 Å². The van der Waals surface area contributed by atoms with Crippen molar-refractivity contribution in [3.8, 4) is 23.3 Å². The largest absolute Gasteiger partial charge is 0.496 e. The molecule has 1 amide bonds. The van der Waals surface area contributed by atoms with Gasteiger partial charge in [-0.1, -0.05) is 17.7 Å². The molecule has 0 atom stereocenters. The summed E-state index contributed by atoms with van der Waals surface area (Å²) in [6, 6.07) is 12.9. The minimum Gasteiger partial charge on any atom is -0.496 e. The molecule has 0 heterocycles. The molecule has 0 aliphatic rings. The number of nitriles is 1. The van der Waals surface area contributed by atoms with Crippen molar-refractivity contribution < 1.29 is 19.0 Å². The van der Waals surface area contributed by atoms with Crippen molar-refractivity contribution in [3.63, 3.8) is 0 Å². The van der Waals surface area contributed by atoms with E-state index in [1.54, 1.807) is 25.3 Å². The molecule has 2 rings (SSSR count). The number of benzene rings is 2. The molecule has 0 bridgehead atoms. The third-order valence-corrected chi connectivity index (χ3v) is 3.88. The topological polar surface area (TPSA) is 80.6 Å². The van der Waals surface area contributed by atoms with Crippen LogP contribution in [0.4, 0.5) is 0 Å². The molecule has 2 aromatic carbocycles. The zero-order valence-electron chi connectivity index (χ0n) is 15.9. The van der Waals surface area contributed by atoms with Crippen LogP contribution in [0.1, 0.15) is 23.6 Å². The predicted octanol–water partition coefficient (Wildman–Crippen LogP) is 3.01. The molecule has 0 aliphatic carbocycles. The molecule has 6 nitrogen and oxygen atoms in total. The number of hydrogen-bond donors (Lipinski definition) is 1. The number of hydrogen-bond acceptors (Lipinski definition) is 5. The first-order valence-corrected chi connectivity index (χ1v) is 8.77. The average Bonchev–Trinajstić information content (AvgIpc) is 2.67. The summed E-state index contributed by atoms with van der Waals surface area (Å²) in [7, 11) is 1.63. The monoisotopic (exact) mass is 368 g/mol. The van der Waals surface area contributed by atoms with Gasteiger partial charge in [0.05, 0.1) is 25.3 Å². The minimum atomic E-state index is -0.228. The van der Waals surface area contributed by atoms with Crippen LogP contribution in [0.15, 0.2) is 36.4 Å². The van der Waals surface area contributed by atoms with Gasteiger partial charge >= 0.3 is 0 Å². The Morgan fingerprint density at radius 1 is 1.11 bits per heavy atom. The van der Waals surface area contributed by atoms with Gasteiger partial charge in [0.2, 0.25) is 0 Å². The molecule has 0 unspecified atom stereocenters. The molecule has 0 fully saturated rings. The van der Waals surface area contributed by atoms with E-state index in [0.717, 1.165) is 16.9 Å². The molecule has 0 aliphatic heterocycles. The molecule has 142 valence electrons. The summed E-state index contributed by atoms with van der Waals surface area (Å²) in [5.74, 6) is 1.47. The molecule has 6 heteroatoms. The van der Waals surface area contributed by atoms with E-state index in [4.69, 9.17) is 19.5 Å². The van der Waals surface area contributed by atoms with Gasteiger partial charge in [0.1, 0.15) is 5.75 Å². The van der Waals surface area contributed by atoms with Crippen LogP contribution in [0.2, 0.25) is 0 Å². The summed E-state index contributed by atoms with van der Waals surface area (Å²) in [5.41, 5.74) is 2.66. The number of amides is 1. The maximum atomic E-state index is 12.1. The zero-order chi connectivity index (χ0) is 19.6. The van der Waals surface area contributed by atoms with Crippen LogP contribution < -0.4 is 19.5 Å². The van der Waals surface area contributed by atoms with Crippen molar-refractivity contribution in [1.82, 2.24) is 5.32 Å². The molecule has 1 N–H and O–H groups in total. The van der Waals surface area contributed by atoms with Gasteiger partial charge in [0.25, 0.3) is 5.91 Å². The lowest BCUT2D eigenvalue weighted by Gasteiger charge is -2.13. The molecule has 0 radical (unpaired) electrons. The Morgan fingerprint density at radius 2 is 1.89 bits per heavy atom. The van der Waals surface area contributed by atoms with E-state index in [0.29, 0.717) is 36.6 Å². The molecule has 0 saturated carbocycles. The third kappa shape index (κ3) is 5.93. The number of carbonyl (C=O) groups excluding carboxylic acids is 1. The maximum absolute atomic E-state index is 12.1. The Hall–Kier alpha value is -3.20. The van der Waals surface area contributed by atoms with Crippen LogP contribution in [0.25, 0.3) is 0 Å². The van der Waals surface area contributed by atoms with Crippen molar-refractivity contribution >= 4 is 5.91 Å². The molecular formula is C21H24N2O4. The van der Waals surface area contributed by atoms with Gasteiger partial charge in [0, 0.05) is 12.6 Å². The normalized spacial score (nSPS) is 10.0. The Kier molecular flexibility index (Phi) is 7.50. The number of nitrogens with zero attached hydrogens (tertiary/aromatic N) is 1. The third-order valence-electron chi connectivity index (χ3n) is 3.88. The van der Waals surface area contributed by atoms with Crippen LogP contribution in [0.5, 0.6) is 17.2 Å². The van der Waals surface area contributed by atoms with Crippen LogP contribution in [0.3, 0.4) is 0 Å². The van der Waals surface area contributed by atoms with Crippen molar-refractivity contribution in [1.29, 1.82) is 5.26 Å². The lowest BCUT2D eigenvalue weighted by Crippen LogP contribution is -2.30. The standard InChI is InChI=1S/C21H24N2O4/c1-4-26-20-12-16(13-22)6-8-19(20)27-14-21(24)23-10-9-17-11-15(2)5-7-18(17)25-3/h5-8,11-12H,4,9-10,14H2,1-3H3,(H,23,24). The summed E-state index contributed by atoms with van der Waals surface area (Å²) in [6.45, 7) is 4.65. The minimum absolute atomic E-state index is 0.128. The Bertz CT molecular complexity index is 827. The second-order valence-electron chi connectivity index (χ2n) is 5.91. The number of ether oxygens (including phenoxy) is 3. The Balaban J connectivity index is 1.87. The maximum Gasteiger partial charge on any atom is 0.257 e. The highest BCUT2D eigenvalue weighted by Crippen LogP contribution is 2.28. The number of carbonyl (C=O) groups is 1. The van der Waals surface area contributed by atoms with Crippen LogP contribution in [0, 0.1) is 18.3 Å². The fourth-order valence-electron chi connectivity index (χ4n) is 2.60. The lowest BCUT2D eigenvalue weighted by molar-refractivity contribution is -0.123. The molecule has 27 heavy (non-hydrogen) atoms. The van der Waals surface area contributed by atoms with E-state index in [1.807, 2.05) is 38.1 Å². The molecule has 2 aromatic rings. The highest BCUT2D eigenvalue weighted by atomic mass is 16.5. The average molecular weight is 368 g/mol. The first kappa shape index (κ1) is 20.1. The van der Waals surface area contributed by atoms with Crippen molar-refractivity contribution in [3.05, 3.63) is 53.1 Å². The number of rotatable bonds is 9. The van der Waals surface area contributed by atoms with Crippen LogP contribution in [-0.2, 0) is 11.2 Å². The first-order valence-electron chi connectivity index (χ1n) is 8.77. The summed E-state index contributed by atoms with van der Waals surface area (Å²) >= 11 is 0. The van der Waals surface area contributed by atoms with E-state index >= 15 is 0 Å². The summed E-state index contributed by atoms with van der Waals surface area (Å²) in [4.78, 5) is 12.1. The second kappa shape index (κ2) is 10.1. The van der Waals surface area contributed by atoms with E-state index in [2.05, 4.69) is 5.32 Å². The zero-order valence-corrected chi connectivity index (χ0v) is 15.9. The Morgan fingerprint density at radius 3 is 2.59 bits per heavy atom. The number of aryl methyl sites for hydroxylation is 1. The highest BCUT2D eigenvalue weighted by molar-refractivity contribution is 5.77. The predicted molar refractivity (Wildman–Crippen MR) is 102 cm³/mol. The molecular weight excluding hydrogens is 344 g/mol. The van der Waals surface area contributed by atoms with E-state index in [1.165, 1.54) is 0 Å².